The number of carboxylic acids is 4. The Balaban J connectivity index is 3.35. The number of alkyl halides is 5. The summed E-state index contributed by atoms with van der Waals surface area (Å²) in [6, 6.07) is 0. The molecule has 1 aliphatic rings. The molecule has 4 N–H and O–H groups in total. The lowest BCUT2D eigenvalue weighted by Gasteiger charge is -2.42. The van der Waals surface area contributed by atoms with Gasteiger partial charge in [0.2, 0.25) is 5.82 Å². The molecule has 2 atom stereocenters. The van der Waals surface area contributed by atoms with Gasteiger partial charge < -0.3 is 20.4 Å². The lowest BCUT2D eigenvalue weighted by atomic mass is 9.60. The summed E-state index contributed by atoms with van der Waals surface area (Å²) in [4.78, 5) is 47.1. The average molecular weight is 540 g/mol. The second-order valence-electron chi connectivity index (χ2n) is 6.97. The standard InChI is InChI=1S/C18H6F10O8/c19-6-5(7(20)9(22)10(23)8(6)21)15(13(33)34)1-4(12(31)32)16(14(35)36,2-3(15)11(29)30)17(24,25)18(26,27)28/h1-2H,(H,29,30)(H,31,32)(H,33,34)(H,35,36). The Morgan fingerprint density at radius 1 is 0.611 bits per heavy atom. The number of aliphatic carboxylic acids is 4. The minimum absolute atomic E-state index is 1.06. The molecule has 196 valence electrons. The topological polar surface area (TPSA) is 149 Å². The van der Waals surface area contributed by atoms with Crippen LogP contribution >= 0.6 is 0 Å². The van der Waals surface area contributed by atoms with Crippen molar-refractivity contribution in [3.05, 3.63) is 57.9 Å². The van der Waals surface area contributed by atoms with Crippen LogP contribution in [0, 0.1) is 34.5 Å². The van der Waals surface area contributed by atoms with Crippen molar-refractivity contribution in [3.63, 3.8) is 0 Å². The van der Waals surface area contributed by atoms with Crippen molar-refractivity contribution in [3.8, 4) is 0 Å². The van der Waals surface area contributed by atoms with Crippen molar-refractivity contribution in [1.29, 1.82) is 0 Å². The van der Waals surface area contributed by atoms with Crippen LogP contribution in [0.3, 0.4) is 0 Å². The maximum atomic E-state index is 14.5. The first-order valence-electron chi connectivity index (χ1n) is 8.51. The molecule has 1 aromatic carbocycles. The number of hydrogen-bond donors (Lipinski definition) is 4. The van der Waals surface area contributed by atoms with E-state index in [0.717, 1.165) is 0 Å². The summed E-state index contributed by atoms with van der Waals surface area (Å²) in [5, 5.41) is 37.4. The first-order valence-corrected chi connectivity index (χ1v) is 8.51. The molecule has 36 heavy (non-hydrogen) atoms. The van der Waals surface area contributed by atoms with Crippen LogP contribution in [0.15, 0.2) is 23.3 Å². The minimum atomic E-state index is -6.98. The van der Waals surface area contributed by atoms with Gasteiger partial charge in [-0.3, -0.25) is 9.59 Å². The van der Waals surface area contributed by atoms with Gasteiger partial charge >= 0.3 is 36.0 Å². The Morgan fingerprint density at radius 2 is 1.00 bits per heavy atom. The van der Waals surface area contributed by atoms with Crippen LogP contribution in [0.25, 0.3) is 0 Å². The number of hydrogen-bond acceptors (Lipinski definition) is 4. The van der Waals surface area contributed by atoms with Crippen molar-refractivity contribution < 1.29 is 83.5 Å². The van der Waals surface area contributed by atoms with Gasteiger partial charge in [0.05, 0.1) is 16.7 Å². The third kappa shape index (κ3) is 3.38. The van der Waals surface area contributed by atoms with Crippen LogP contribution in [0.4, 0.5) is 43.9 Å². The van der Waals surface area contributed by atoms with Crippen LogP contribution in [0.5, 0.6) is 0 Å². The molecule has 1 aliphatic carbocycles. The number of carbonyl (C=O) groups is 4. The number of carboxylic acid groups (broad SMARTS) is 4. The fourth-order valence-electron chi connectivity index (χ4n) is 3.51. The van der Waals surface area contributed by atoms with E-state index in [0.29, 0.717) is 0 Å². The van der Waals surface area contributed by atoms with Gasteiger partial charge in [-0.2, -0.15) is 22.0 Å². The lowest BCUT2D eigenvalue weighted by molar-refractivity contribution is -0.309. The van der Waals surface area contributed by atoms with Gasteiger partial charge in [0.15, 0.2) is 28.7 Å². The fraction of sp³-hybridized carbons (Fsp3) is 0.222. The average Bonchev–Trinajstić information content (AvgIpc) is 2.74. The second kappa shape index (κ2) is 8.23. The number of halogens is 10. The first kappa shape index (κ1) is 28.1. The summed E-state index contributed by atoms with van der Waals surface area (Å²) in [5.41, 5.74) is -18.0. The fourth-order valence-corrected chi connectivity index (χ4v) is 3.51. The largest absolute Gasteiger partial charge is 0.480 e. The maximum Gasteiger partial charge on any atom is 0.455 e. The molecule has 8 nitrogen and oxygen atoms in total. The van der Waals surface area contributed by atoms with E-state index < -0.39 is 105 Å². The quantitative estimate of drug-likeness (QED) is 0.245. The minimum Gasteiger partial charge on any atom is -0.480 e. The molecule has 0 fully saturated rings. The summed E-state index contributed by atoms with van der Waals surface area (Å²) >= 11 is 0. The van der Waals surface area contributed by atoms with Gasteiger partial charge in [0, 0.05) is 0 Å². The van der Waals surface area contributed by atoms with Gasteiger partial charge in [0.1, 0.15) is 5.41 Å². The van der Waals surface area contributed by atoms with Crippen molar-refractivity contribution in [2.24, 2.45) is 5.41 Å². The van der Waals surface area contributed by atoms with E-state index in [9.17, 15) is 83.5 Å². The molecule has 0 spiro atoms. The van der Waals surface area contributed by atoms with Crippen LogP contribution in [0.2, 0.25) is 0 Å². The molecule has 0 bridgehead atoms. The Hall–Kier alpha value is -4.12. The third-order valence-corrected chi connectivity index (χ3v) is 5.16. The van der Waals surface area contributed by atoms with E-state index in [4.69, 9.17) is 0 Å². The second-order valence-corrected chi connectivity index (χ2v) is 6.97. The molecule has 1 aromatic rings. The summed E-state index contributed by atoms with van der Waals surface area (Å²) in [5.74, 6) is -34.5. The molecule has 0 heterocycles. The third-order valence-electron chi connectivity index (χ3n) is 5.16. The maximum absolute atomic E-state index is 14.5. The summed E-state index contributed by atoms with van der Waals surface area (Å²) in [6.07, 6.45) is -9.32. The molecular weight excluding hydrogens is 534 g/mol. The van der Waals surface area contributed by atoms with Crippen LogP contribution in [0.1, 0.15) is 5.56 Å². The van der Waals surface area contributed by atoms with E-state index in [1.165, 1.54) is 0 Å². The molecule has 2 unspecified atom stereocenters. The highest BCUT2D eigenvalue weighted by Crippen LogP contribution is 2.58. The molecule has 0 saturated carbocycles. The predicted octanol–water partition coefficient (Wildman–Crippen LogP) is 3.01. The van der Waals surface area contributed by atoms with E-state index >= 15 is 0 Å². The molecule has 0 aromatic heterocycles. The zero-order chi connectivity index (χ0) is 28.3. The Kier molecular flexibility index (Phi) is 6.43. The Bertz CT molecular complexity index is 1250. The highest BCUT2D eigenvalue weighted by Gasteiger charge is 2.77. The monoisotopic (exact) mass is 540 g/mol. The SMILES string of the molecule is O=C(O)C1=CC(C(=O)O)(C(F)(F)C(F)(F)F)C(C(=O)O)=CC1(C(=O)O)c1c(F)c(F)c(F)c(F)c1F. The molecule has 18 heteroatoms. The molecular formula is C18H6F10O8. The van der Waals surface area contributed by atoms with Gasteiger partial charge in [-0.25, -0.2) is 31.5 Å². The van der Waals surface area contributed by atoms with E-state index in [1.54, 1.807) is 0 Å². The van der Waals surface area contributed by atoms with E-state index in [-0.39, 0.29) is 0 Å². The molecule has 0 aliphatic heterocycles. The first-order chi connectivity index (χ1) is 16.1. The van der Waals surface area contributed by atoms with E-state index in [2.05, 4.69) is 0 Å². The Labute approximate surface area is 189 Å². The van der Waals surface area contributed by atoms with Crippen LogP contribution in [-0.4, -0.2) is 56.4 Å². The highest BCUT2D eigenvalue weighted by molar-refractivity contribution is 6.09. The van der Waals surface area contributed by atoms with Crippen molar-refractivity contribution in [2.75, 3.05) is 0 Å². The molecule has 0 amide bonds. The highest BCUT2D eigenvalue weighted by atomic mass is 19.4. The summed E-state index contributed by atoms with van der Waals surface area (Å²) < 4.78 is 138. The predicted molar refractivity (Wildman–Crippen MR) is 88.1 cm³/mol. The van der Waals surface area contributed by atoms with Crippen molar-refractivity contribution in [1.82, 2.24) is 0 Å². The Morgan fingerprint density at radius 3 is 1.31 bits per heavy atom. The molecule has 0 saturated heterocycles. The zero-order valence-corrected chi connectivity index (χ0v) is 16.4. The van der Waals surface area contributed by atoms with Gasteiger partial charge in [-0.15, -0.1) is 0 Å². The van der Waals surface area contributed by atoms with Crippen LogP contribution in [-0.2, 0) is 24.6 Å². The summed E-state index contributed by atoms with van der Waals surface area (Å²) in [7, 11) is 0. The lowest BCUT2D eigenvalue weighted by Crippen LogP contribution is -2.60. The zero-order valence-electron chi connectivity index (χ0n) is 16.4. The van der Waals surface area contributed by atoms with Crippen LogP contribution < -0.4 is 0 Å². The van der Waals surface area contributed by atoms with Gasteiger partial charge in [0.25, 0.3) is 0 Å². The molecule has 0 radical (unpaired) electrons. The van der Waals surface area contributed by atoms with Gasteiger partial charge in [-0.1, -0.05) is 0 Å². The van der Waals surface area contributed by atoms with E-state index in [1.807, 2.05) is 0 Å². The van der Waals surface area contributed by atoms with Gasteiger partial charge in [-0.05, 0) is 12.2 Å². The smallest absolute Gasteiger partial charge is 0.455 e. The summed E-state index contributed by atoms with van der Waals surface area (Å²) in [6.45, 7) is 0. The molecule has 2 rings (SSSR count). The van der Waals surface area contributed by atoms with Crippen molar-refractivity contribution >= 4 is 23.9 Å². The normalized spacial score (nSPS) is 22.5. The number of benzene rings is 1. The number of rotatable bonds is 6. The van der Waals surface area contributed by atoms with Crippen molar-refractivity contribution in [2.45, 2.75) is 17.5 Å².